The smallest absolute Gasteiger partial charge is 0.0506 e. The van der Waals surface area contributed by atoms with Crippen molar-refractivity contribution in [3.63, 3.8) is 0 Å². The van der Waals surface area contributed by atoms with E-state index in [1.165, 1.54) is 19.3 Å². The molecule has 1 aromatic heterocycles. The highest BCUT2D eigenvalue weighted by Gasteiger charge is 1.95. The number of hydrogen-bond donors (Lipinski definition) is 1. The monoisotopic (exact) mass is 179 g/mol. The van der Waals surface area contributed by atoms with Gasteiger partial charge in [0.1, 0.15) is 0 Å². The van der Waals surface area contributed by atoms with Gasteiger partial charge in [0.05, 0.1) is 5.69 Å². The number of anilines is 1. The fourth-order valence-electron chi connectivity index (χ4n) is 1.02. The molecule has 2 rings (SSSR count). The predicted octanol–water partition coefficient (Wildman–Crippen LogP) is 1.65. The van der Waals surface area contributed by atoms with E-state index in [9.17, 15) is 0 Å². The summed E-state index contributed by atoms with van der Waals surface area (Å²) in [5, 5.41) is 0. The van der Waals surface area contributed by atoms with Gasteiger partial charge in [0, 0.05) is 31.7 Å². The van der Waals surface area contributed by atoms with E-state index in [1.807, 2.05) is 0 Å². The highest BCUT2D eigenvalue weighted by atomic mass is 16.5. The number of nitrogens with two attached hydrogens (primary N) is 1. The van der Waals surface area contributed by atoms with E-state index in [-0.39, 0.29) is 0 Å². The maximum absolute atomic E-state index is 5.26. The molecule has 3 nitrogen and oxygen atoms in total. The molecule has 0 aliphatic carbocycles. The van der Waals surface area contributed by atoms with Gasteiger partial charge in [-0.25, -0.2) is 0 Å². The molecular formula is C10H15N2O. The third-order valence-corrected chi connectivity index (χ3v) is 1.70. The Morgan fingerprint density at radius 3 is 2.31 bits per heavy atom. The zero-order valence-corrected chi connectivity index (χ0v) is 7.70. The molecule has 0 saturated carbocycles. The number of nitrogens with zero attached hydrogens (tertiary/aromatic N) is 1. The first-order chi connectivity index (χ1) is 6.39. The summed E-state index contributed by atoms with van der Waals surface area (Å²) in [5.74, 6) is 0. The minimum Gasteiger partial charge on any atom is -0.397 e. The van der Waals surface area contributed by atoms with Crippen molar-refractivity contribution in [2.45, 2.75) is 19.3 Å². The van der Waals surface area contributed by atoms with Gasteiger partial charge < -0.3 is 10.5 Å². The lowest BCUT2D eigenvalue weighted by Crippen LogP contribution is -2.03. The topological polar surface area (TPSA) is 48.1 Å². The van der Waals surface area contributed by atoms with Crippen LogP contribution in [0.1, 0.15) is 19.3 Å². The van der Waals surface area contributed by atoms with Crippen LogP contribution >= 0.6 is 0 Å². The molecule has 0 amide bonds. The van der Waals surface area contributed by atoms with Gasteiger partial charge in [-0.3, -0.25) is 4.98 Å². The van der Waals surface area contributed by atoms with Crippen molar-refractivity contribution in [2.75, 3.05) is 18.9 Å². The average molecular weight is 179 g/mol. The lowest BCUT2D eigenvalue weighted by Gasteiger charge is -2.08. The fourth-order valence-corrected chi connectivity index (χ4v) is 1.02. The van der Waals surface area contributed by atoms with Crippen LogP contribution in [-0.2, 0) is 4.74 Å². The lowest BCUT2D eigenvalue weighted by atomic mass is 10.2. The van der Waals surface area contributed by atoms with Crippen molar-refractivity contribution >= 4 is 5.69 Å². The van der Waals surface area contributed by atoms with E-state index in [0.717, 1.165) is 13.2 Å². The molecule has 0 bridgehead atoms. The molecule has 1 aromatic rings. The SMILES string of the molecule is C1CCOCC1.Nc1c[c]cnc1. The third-order valence-electron chi connectivity index (χ3n) is 1.70. The number of hydrogen-bond acceptors (Lipinski definition) is 3. The molecule has 1 aliphatic heterocycles. The maximum Gasteiger partial charge on any atom is 0.0506 e. The maximum atomic E-state index is 5.26. The molecule has 0 spiro atoms. The van der Waals surface area contributed by atoms with E-state index < -0.39 is 0 Å². The number of rotatable bonds is 0. The molecule has 2 N–H and O–H groups in total. The average Bonchev–Trinajstić information content (AvgIpc) is 2.22. The Labute approximate surface area is 78.9 Å². The van der Waals surface area contributed by atoms with E-state index in [0.29, 0.717) is 5.69 Å². The Hall–Kier alpha value is -1.09. The minimum absolute atomic E-state index is 0.655. The number of ether oxygens (including phenoxy) is 1. The molecule has 1 saturated heterocycles. The fraction of sp³-hybridized carbons (Fsp3) is 0.500. The van der Waals surface area contributed by atoms with Crippen molar-refractivity contribution in [3.05, 3.63) is 24.5 Å². The van der Waals surface area contributed by atoms with Gasteiger partial charge in [0.15, 0.2) is 0 Å². The van der Waals surface area contributed by atoms with Crippen LogP contribution in [0.4, 0.5) is 5.69 Å². The summed E-state index contributed by atoms with van der Waals surface area (Å²) in [5.41, 5.74) is 5.92. The van der Waals surface area contributed by atoms with Crippen LogP contribution in [0, 0.1) is 6.07 Å². The lowest BCUT2D eigenvalue weighted by molar-refractivity contribution is 0.0968. The van der Waals surface area contributed by atoms with Crippen molar-refractivity contribution in [1.82, 2.24) is 4.98 Å². The first kappa shape index (κ1) is 9.99. The van der Waals surface area contributed by atoms with E-state index >= 15 is 0 Å². The van der Waals surface area contributed by atoms with Crippen LogP contribution in [0.15, 0.2) is 18.5 Å². The van der Waals surface area contributed by atoms with Crippen LogP contribution in [0.2, 0.25) is 0 Å². The van der Waals surface area contributed by atoms with Gasteiger partial charge in [-0.2, -0.15) is 0 Å². The Bertz CT molecular complexity index is 198. The molecule has 0 atom stereocenters. The van der Waals surface area contributed by atoms with Crippen LogP contribution in [0.3, 0.4) is 0 Å². The van der Waals surface area contributed by atoms with Crippen LogP contribution in [0.25, 0.3) is 0 Å². The van der Waals surface area contributed by atoms with Crippen LogP contribution in [-0.4, -0.2) is 18.2 Å². The van der Waals surface area contributed by atoms with E-state index in [4.69, 9.17) is 10.5 Å². The third kappa shape index (κ3) is 5.20. The van der Waals surface area contributed by atoms with Crippen LogP contribution < -0.4 is 5.73 Å². The largest absolute Gasteiger partial charge is 0.397 e. The van der Waals surface area contributed by atoms with Crippen LogP contribution in [0.5, 0.6) is 0 Å². The minimum atomic E-state index is 0.655. The molecule has 2 heterocycles. The summed E-state index contributed by atoms with van der Waals surface area (Å²) in [4.78, 5) is 3.70. The van der Waals surface area contributed by atoms with Crippen molar-refractivity contribution in [2.24, 2.45) is 0 Å². The van der Waals surface area contributed by atoms with Crippen molar-refractivity contribution in [1.29, 1.82) is 0 Å². The zero-order valence-electron chi connectivity index (χ0n) is 7.70. The van der Waals surface area contributed by atoms with E-state index in [1.54, 1.807) is 18.5 Å². The van der Waals surface area contributed by atoms with E-state index in [2.05, 4.69) is 11.1 Å². The van der Waals surface area contributed by atoms with Gasteiger partial charge in [0.2, 0.25) is 0 Å². The van der Waals surface area contributed by atoms with Crippen molar-refractivity contribution in [3.8, 4) is 0 Å². The van der Waals surface area contributed by atoms with Gasteiger partial charge in [-0.1, -0.05) is 0 Å². The molecular weight excluding hydrogens is 164 g/mol. The number of pyridine rings is 1. The van der Waals surface area contributed by atoms with Gasteiger partial charge in [-0.05, 0) is 25.3 Å². The van der Waals surface area contributed by atoms with Gasteiger partial charge in [-0.15, -0.1) is 0 Å². The summed E-state index contributed by atoms with van der Waals surface area (Å²) in [7, 11) is 0. The van der Waals surface area contributed by atoms with Gasteiger partial charge in [0.25, 0.3) is 0 Å². The predicted molar refractivity (Wildman–Crippen MR) is 52.2 cm³/mol. The first-order valence-corrected chi connectivity index (χ1v) is 4.54. The second-order valence-electron chi connectivity index (χ2n) is 2.89. The molecule has 1 fully saturated rings. The Balaban J connectivity index is 0.000000132. The molecule has 1 aliphatic rings. The molecule has 1 radical (unpaired) electrons. The van der Waals surface area contributed by atoms with Crippen molar-refractivity contribution < 1.29 is 4.74 Å². The Morgan fingerprint density at radius 2 is 2.08 bits per heavy atom. The highest BCUT2D eigenvalue weighted by molar-refractivity contribution is 5.31. The molecule has 13 heavy (non-hydrogen) atoms. The second kappa shape index (κ2) is 6.43. The summed E-state index contributed by atoms with van der Waals surface area (Å²) < 4.78 is 5.07. The molecule has 0 aromatic carbocycles. The summed E-state index contributed by atoms with van der Waals surface area (Å²) in [6.07, 6.45) is 7.08. The summed E-state index contributed by atoms with van der Waals surface area (Å²) in [6, 6.07) is 4.40. The Kier molecular flexibility index (Phi) is 4.94. The Morgan fingerprint density at radius 1 is 1.31 bits per heavy atom. The number of nitrogen functional groups attached to an aromatic ring is 1. The highest BCUT2D eigenvalue weighted by Crippen LogP contribution is 2.02. The van der Waals surface area contributed by atoms with Gasteiger partial charge >= 0.3 is 0 Å². The quantitative estimate of drug-likeness (QED) is 0.658. The normalized spacial score (nSPS) is 15.7. The second-order valence-corrected chi connectivity index (χ2v) is 2.89. The number of aromatic nitrogens is 1. The summed E-state index contributed by atoms with van der Waals surface area (Å²) in [6.45, 7) is 2.00. The summed E-state index contributed by atoms with van der Waals surface area (Å²) >= 11 is 0. The first-order valence-electron chi connectivity index (χ1n) is 4.54. The molecule has 71 valence electrons. The zero-order chi connectivity index (χ0) is 9.36. The molecule has 0 unspecified atom stereocenters. The molecule has 3 heteroatoms. The standard InChI is InChI=1S/C5H5N2.C5H10O/c6-5-2-1-3-7-4-5;1-2-4-6-5-3-1/h2-4H,6H2;1-5H2.